The normalized spacial score (nSPS) is 15.2. The van der Waals surface area contributed by atoms with Crippen LogP contribution < -0.4 is 0 Å². The van der Waals surface area contributed by atoms with Crippen LogP contribution in [0.25, 0.3) is 0 Å². The van der Waals surface area contributed by atoms with Gasteiger partial charge >= 0.3 is 11.8 Å². The molecule has 2 rings (SSSR count). The van der Waals surface area contributed by atoms with Gasteiger partial charge in [0, 0.05) is 13.1 Å². The van der Waals surface area contributed by atoms with Gasteiger partial charge in [-0.1, -0.05) is 0 Å². The van der Waals surface area contributed by atoms with Crippen molar-refractivity contribution in [2.75, 3.05) is 13.1 Å². The number of aromatic nitrogens is 2. The number of carbonyl (C=O) groups is 2. The molecule has 2 heterocycles. The molecule has 0 bridgehead atoms. The largest absolute Gasteiger partial charge is 0.481 e. The smallest absolute Gasteiger partial charge is 0.389 e. The first-order chi connectivity index (χ1) is 8.47. The maximum atomic E-state index is 11.6. The van der Waals surface area contributed by atoms with Gasteiger partial charge in [0.25, 0.3) is 0 Å². The lowest BCUT2D eigenvalue weighted by atomic mass is 10.0. The number of hydrogen-bond acceptors (Lipinski definition) is 5. The number of nitro groups is 1. The van der Waals surface area contributed by atoms with E-state index in [0.29, 0.717) is 0 Å². The van der Waals surface area contributed by atoms with Gasteiger partial charge in [0.1, 0.15) is 6.54 Å². The summed E-state index contributed by atoms with van der Waals surface area (Å²) < 4.78 is 1.16. The summed E-state index contributed by atoms with van der Waals surface area (Å²) in [5.74, 6) is -2.06. The van der Waals surface area contributed by atoms with Crippen molar-refractivity contribution < 1.29 is 19.6 Å². The number of hydrogen-bond donors (Lipinski definition) is 1. The van der Waals surface area contributed by atoms with Crippen LogP contribution in [0.4, 0.5) is 5.82 Å². The van der Waals surface area contributed by atoms with Gasteiger partial charge in [-0.25, -0.2) is 0 Å². The van der Waals surface area contributed by atoms with Crippen molar-refractivity contribution in [3.8, 4) is 0 Å². The molecule has 1 aliphatic heterocycles. The Balaban J connectivity index is 1.88. The van der Waals surface area contributed by atoms with Crippen molar-refractivity contribution >= 4 is 17.7 Å². The number of likely N-dealkylation sites (tertiary alicyclic amines) is 1. The fourth-order valence-electron chi connectivity index (χ4n) is 1.61. The monoisotopic (exact) mass is 254 g/mol. The van der Waals surface area contributed by atoms with Crippen LogP contribution in [0.2, 0.25) is 0 Å². The van der Waals surface area contributed by atoms with E-state index in [1.54, 1.807) is 0 Å². The highest BCUT2D eigenvalue weighted by molar-refractivity contribution is 5.80. The minimum absolute atomic E-state index is 0.125. The Hall–Kier alpha value is -2.45. The number of nitrogens with zero attached hydrogens (tertiary/aromatic N) is 4. The fourth-order valence-corrected chi connectivity index (χ4v) is 1.61. The number of rotatable bonds is 4. The van der Waals surface area contributed by atoms with Gasteiger partial charge in [-0.15, -0.1) is 0 Å². The Bertz CT molecular complexity index is 505. The predicted molar refractivity (Wildman–Crippen MR) is 56.6 cm³/mol. The minimum Gasteiger partial charge on any atom is -0.481 e. The average Bonchev–Trinajstić information content (AvgIpc) is 2.62. The van der Waals surface area contributed by atoms with Gasteiger partial charge in [0.05, 0.1) is 23.3 Å². The van der Waals surface area contributed by atoms with E-state index >= 15 is 0 Å². The first-order valence-corrected chi connectivity index (χ1v) is 5.16. The van der Waals surface area contributed by atoms with E-state index in [0.717, 1.165) is 4.68 Å². The molecule has 0 aliphatic carbocycles. The lowest BCUT2D eigenvalue weighted by molar-refractivity contribution is -0.389. The van der Waals surface area contributed by atoms with Gasteiger partial charge in [0.2, 0.25) is 5.91 Å². The molecule has 0 aromatic carbocycles. The minimum atomic E-state index is -0.922. The van der Waals surface area contributed by atoms with Crippen molar-refractivity contribution in [1.29, 1.82) is 0 Å². The zero-order chi connectivity index (χ0) is 13.3. The van der Waals surface area contributed by atoms with Crippen molar-refractivity contribution in [3.05, 3.63) is 22.4 Å². The molecule has 0 spiro atoms. The lowest BCUT2D eigenvalue weighted by Crippen LogP contribution is -2.53. The van der Waals surface area contributed by atoms with Crippen LogP contribution in [-0.4, -0.2) is 49.7 Å². The second-order valence-electron chi connectivity index (χ2n) is 3.96. The van der Waals surface area contributed by atoms with E-state index in [9.17, 15) is 19.7 Å². The highest BCUT2D eigenvalue weighted by Gasteiger charge is 2.35. The number of amides is 1. The molecule has 1 aromatic rings. The molecule has 1 fully saturated rings. The standard InChI is InChI=1S/C9H10N4O5/c14-8(11-3-6(4-11)9(15)16)5-12-2-1-7(10-12)13(17)18/h1-2,6H,3-5H2,(H,15,16). The average molecular weight is 254 g/mol. The first-order valence-electron chi connectivity index (χ1n) is 5.16. The third-order valence-electron chi connectivity index (χ3n) is 2.69. The summed E-state index contributed by atoms with van der Waals surface area (Å²) in [6.45, 7) is 0.231. The van der Waals surface area contributed by atoms with Crippen molar-refractivity contribution in [1.82, 2.24) is 14.7 Å². The summed E-state index contributed by atoms with van der Waals surface area (Å²) in [4.78, 5) is 33.3. The second-order valence-corrected chi connectivity index (χ2v) is 3.96. The van der Waals surface area contributed by atoms with Crippen LogP contribution in [0.5, 0.6) is 0 Å². The number of carbonyl (C=O) groups excluding carboxylic acids is 1. The number of carboxylic acids is 1. The summed E-state index contributed by atoms with van der Waals surface area (Å²) in [5.41, 5.74) is 0. The molecule has 1 saturated heterocycles. The Morgan fingerprint density at radius 2 is 2.22 bits per heavy atom. The third-order valence-corrected chi connectivity index (χ3v) is 2.69. The summed E-state index contributed by atoms with van der Waals surface area (Å²) in [6.07, 6.45) is 1.34. The zero-order valence-corrected chi connectivity index (χ0v) is 9.22. The molecule has 18 heavy (non-hydrogen) atoms. The van der Waals surface area contributed by atoms with Gasteiger partial charge < -0.3 is 20.1 Å². The molecule has 9 heteroatoms. The molecule has 1 amide bonds. The molecule has 1 aliphatic rings. The summed E-state index contributed by atoms with van der Waals surface area (Å²) >= 11 is 0. The van der Waals surface area contributed by atoms with Crippen molar-refractivity contribution in [3.63, 3.8) is 0 Å². The first kappa shape index (κ1) is 12.0. The highest BCUT2D eigenvalue weighted by atomic mass is 16.6. The third kappa shape index (κ3) is 2.29. The summed E-state index contributed by atoms with van der Waals surface area (Å²) in [6, 6.07) is 1.20. The maximum Gasteiger partial charge on any atom is 0.389 e. The molecule has 0 saturated carbocycles. The zero-order valence-electron chi connectivity index (χ0n) is 9.22. The van der Waals surface area contributed by atoms with Gasteiger partial charge in [-0.3, -0.25) is 9.59 Å². The lowest BCUT2D eigenvalue weighted by Gasteiger charge is -2.36. The van der Waals surface area contributed by atoms with E-state index < -0.39 is 16.8 Å². The predicted octanol–water partition coefficient (Wildman–Crippen LogP) is -0.666. The van der Waals surface area contributed by atoms with Crippen LogP contribution in [0.3, 0.4) is 0 Å². The molecule has 0 radical (unpaired) electrons. The van der Waals surface area contributed by atoms with Gasteiger partial charge in [-0.05, 0) is 4.92 Å². The van der Waals surface area contributed by atoms with Gasteiger partial charge in [-0.2, -0.15) is 4.68 Å². The van der Waals surface area contributed by atoms with Gasteiger partial charge in [0.15, 0.2) is 0 Å². The molecular weight excluding hydrogens is 244 g/mol. The Morgan fingerprint density at radius 1 is 1.56 bits per heavy atom. The SMILES string of the molecule is O=C(O)C1CN(C(=O)Cn2ccc([N+](=O)[O-])n2)C1. The molecule has 1 N–H and O–H groups in total. The Labute approximate surface area is 101 Å². The van der Waals surface area contributed by atoms with E-state index in [1.165, 1.54) is 17.2 Å². The van der Waals surface area contributed by atoms with Crippen LogP contribution >= 0.6 is 0 Å². The van der Waals surface area contributed by atoms with Crippen LogP contribution in [0, 0.1) is 16.0 Å². The molecular formula is C9H10N4O5. The summed E-state index contributed by atoms with van der Waals surface area (Å²) in [5, 5.41) is 22.6. The number of aliphatic carboxylic acids is 1. The topological polar surface area (TPSA) is 119 Å². The second kappa shape index (κ2) is 4.43. The Morgan fingerprint density at radius 3 is 2.72 bits per heavy atom. The quantitative estimate of drug-likeness (QED) is 0.562. The maximum absolute atomic E-state index is 11.6. The van der Waals surface area contributed by atoms with Crippen LogP contribution in [0.15, 0.2) is 12.3 Å². The molecule has 9 nitrogen and oxygen atoms in total. The molecule has 0 atom stereocenters. The van der Waals surface area contributed by atoms with E-state index in [1.807, 2.05) is 0 Å². The summed E-state index contributed by atoms with van der Waals surface area (Å²) in [7, 11) is 0. The Kier molecular flexibility index (Phi) is 2.96. The van der Waals surface area contributed by atoms with Crippen molar-refractivity contribution in [2.24, 2.45) is 5.92 Å². The van der Waals surface area contributed by atoms with E-state index in [4.69, 9.17) is 5.11 Å². The number of carboxylic acid groups (broad SMARTS) is 1. The fraction of sp³-hybridized carbons (Fsp3) is 0.444. The van der Waals surface area contributed by atoms with Crippen LogP contribution in [0.1, 0.15) is 0 Å². The van der Waals surface area contributed by atoms with E-state index in [2.05, 4.69) is 5.10 Å². The molecule has 1 aromatic heterocycles. The molecule has 0 unspecified atom stereocenters. The van der Waals surface area contributed by atoms with E-state index in [-0.39, 0.29) is 31.4 Å². The highest BCUT2D eigenvalue weighted by Crippen LogP contribution is 2.16. The van der Waals surface area contributed by atoms with Crippen molar-refractivity contribution in [2.45, 2.75) is 6.54 Å². The molecule has 96 valence electrons. The van der Waals surface area contributed by atoms with Crippen LogP contribution in [-0.2, 0) is 16.1 Å².